The van der Waals surface area contributed by atoms with Crippen LogP contribution in [-0.4, -0.2) is 163 Å². The van der Waals surface area contributed by atoms with Crippen molar-refractivity contribution in [1.29, 1.82) is 0 Å². The Hall–Kier alpha value is -1.78. The summed E-state index contributed by atoms with van der Waals surface area (Å²) < 4.78 is 33.2. The van der Waals surface area contributed by atoms with Gasteiger partial charge in [0.2, 0.25) is 6.29 Å². The maximum Gasteiger partial charge on any atom is 0.229 e. The second kappa shape index (κ2) is 13.7. The molecule has 3 saturated heterocycles. The molecule has 234 valence electrons. The highest BCUT2D eigenvalue weighted by atomic mass is 16.7. The molecule has 0 saturated carbocycles. The van der Waals surface area contributed by atoms with E-state index in [1.54, 1.807) is 0 Å². The maximum atomic E-state index is 11.1. The molecule has 0 aromatic heterocycles. The standard InChI is InChI=1S/C24H37NO16/c25-8-1-3-9(4-2-8)37-24-20(35)21(41-23-19(34)17(32)14(29)11(6-27)39-23)15(30)12(40-24)7-36-22-18(33)16(31)13(28)10(5-26)38-22/h1-4,10-24,26-35H,5-7,25H2/t10?,11?,12?,13-,14-,15-,16+,17+,18?,19?,20?,21+,22+,23-,24+/m1/s1. The smallest absolute Gasteiger partial charge is 0.229 e. The molecule has 15 atom stereocenters. The lowest BCUT2D eigenvalue weighted by Gasteiger charge is -2.46. The van der Waals surface area contributed by atoms with Crippen molar-refractivity contribution in [2.45, 2.75) is 92.1 Å². The molecule has 0 radical (unpaired) electrons. The second-order valence-corrected chi connectivity index (χ2v) is 10.0. The van der Waals surface area contributed by atoms with Crippen LogP contribution in [0.4, 0.5) is 5.69 Å². The molecule has 3 heterocycles. The average Bonchev–Trinajstić information content (AvgIpc) is 2.96. The first-order valence-electron chi connectivity index (χ1n) is 12.9. The first-order valence-corrected chi connectivity index (χ1v) is 12.9. The predicted octanol–water partition coefficient (Wildman–Crippen LogP) is -5.90. The lowest BCUT2D eigenvalue weighted by atomic mass is 9.96. The van der Waals surface area contributed by atoms with Gasteiger partial charge in [0, 0.05) is 5.69 Å². The zero-order chi connectivity index (χ0) is 30.0. The van der Waals surface area contributed by atoms with Crippen LogP contribution in [0, 0.1) is 0 Å². The molecule has 6 unspecified atom stereocenters. The van der Waals surface area contributed by atoms with Gasteiger partial charge in [-0.15, -0.1) is 0 Å². The van der Waals surface area contributed by atoms with Gasteiger partial charge in [-0.2, -0.15) is 0 Å². The summed E-state index contributed by atoms with van der Waals surface area (Å²) in [4.78, 5) is 0. The van der Waals surface area contributed by atoms with E-state index in [1.807, 2.05) is 0 Å². The van der Waals surface area contributed by atoms with Crippen molar-refractivity contribution < 1.29 is 79.5 Å². The Morgan fingerprint density at radius 3 is 1.66 bits per heavy atom. The van der Waals surface area contributed by atoms with E-state index in [0.717, 1.165) is 0 Å². The Balaban J connectivity index is 1.52. The molecular formula is C24H37NO16. The van der Waals surface area contributed by atoms with Crippen LogP contribution in [0.1, 0.15) is 0 Å². The quantitative estimate of drug-likeness (QED) is 0.118. The van der Waals surface area contributed by atoms with Crippen molar-refractivity contribution in [2.75, 3.05) is 25.6 Å². The monoisotopic (exact) mass is 595 g/mol. The predicted molar refractivity (Wildman–Crippen MR) is 131 cm³/mol. The van der Waals surface area contributed by atoms with Crippen LogP contribution in [0.15, 0.2) is 24.3 Å². The molecular weight excluding hydrogens is 558 g/mol. The van der Waals surface area contributed by atoms with E-state index < -0.39 is 112 Å². The topological polar surface area (TPSA) is 284 Å². The Labute approximate surface area is 233 Å². The number of nitrogens with two attached hydrogens (primary N) is 1. The van der Waals surface area contributed by atoms with Crippen LogP contribution < -0.4 is 10.5 Å². The van der Waals surface area contributed by atoms with Crippen LogP contribution in [0.25, 0.3) is 0 Å². The van der Waals surface area contributed by atoms with Crippen molar-refractivity contribution in [1.82, 2.24) is 0 Å². The van der Waals surface area contributed by atoms with Crippen LogP contribution in [0.3, 0.4) is 0 Å². The fourth-order valence-corrected chi connectivity index (χ4v) is 4.71. The zero-order valence-corrected chi connectivity index (χ0v) is 21.6. The normalized spacial score (nSPS) is 45.4. The molecule has 41 heavy (non-hydrogen) atoms. The van der Waals surface area contributed by atoms with Crippen molar-refractivity contribution in [3.05, 3.63) is 24.3 Å². The minimum atomic E-state index is -1.85. The minimum absolute atomic E-state index is 0.194. The summed E-state index contributed by atoms with van der Waals surface area (Å²) >= 11 is 0. The van der Waals surface area contributed by atoms with E-state index in [1.165, 1.54) is 24.3 Å². The molecule has 12 N–H and O–H groups in total. The molecule has 0 bridgehead atoms. The van der Waals surface area contributed by atoms with Gasteiger partial charge in [-0.1, -0.05) is 0 Å². The summed E-state index contributed by atoms with van der Waals surface area (Å²) in [5.74, 6) is 0.194. The number of hydrogen-bond donors (Lipinski definition) is 11. The third kappa shape index (κ3) is 6.90. The van der Waals surface area contributed by atoms with Gasteiger partial charge < -0.3 is 85.2 Å². The highest BCUT2D eigenvalue weighted by Crippen LogP contribution is 2.31. The van der Waals surface area contributed by atoms with Gasteiger partial charge in [0.15, 0.2) is 12.6 Å². The zero-order valence-electron chi connectivity index (χ0n) is 21.6. The summed E-state index contributed by atoms with van der Waals surface area (Å²) in [7, 11) is 0. The van der Waals surface area contributed by atoms with Crippen LogP contribution in [0.5, 0.6) is 5.75 Å². The molecule has 4 rings (SSSR count). The van der Waals surface area contributed by atoms with Gasteiger partial charge in [-0.25, -0.2) is 0 Å². The van der Waals surface area contributed by atoms with E-state index in [2.05, 4.69) is 0 Å². The number of anilines is 1. The van der Waals surface area contributed by atoms with Crippen molar-refractivity contribution >= 4 is 5.69 Å². The number of aliphatic hydroxyl groups is 10. The van der Waals surface area contributed by atoms with E-state index in [-0.39, 0.29) is 5.75 Å². The van der Waals surface area contributed by atoms with Gasteiger partial charge >= 0.3 is 0 Å². The van der Waals surface area contributed by atoms with Gasteiger partial charge in [0.1, 0.15) is 79.0 Å². The van der Waals surface area contributed by atoms with E-state index in [4.69, 9.17) is 34.2 Å². The highest BCUT2D eigenvalue weighted by molar-refractivity contribution is 5.41. The molecule has 3 aliphatic rings. The summed E-state index contributed by atoms with van der Waals surface area (Å²) in [6.45, 7) is -2.03. The summed E-state index contributed by atoms with van der Waals surface area (Å²) in [6, 6.07) is 5.98. The molecule has 0 aliphatic carbocycles. The van der Waals surface area contributed by atoms with Gasteiger partial charge in [0.25, 0.3) is 0 Å². The third-order valence-electron chi connectivity index (χ3n) is 7.19. The Kier molecular flexibility index (Phi) is 10.7. The molecule has 3 fully saturated rings. The number of aliphatic hydroxyl groups excluding tert-OH is 10. The van der Waals surface area contributed by atoms with E-state index >= 15 is 0 Å². The lowest BCUT2D eigenvalue weighted by Crippen LogP contribution is -2.65. The van der Waals surface area contributed by atoms with Crippen molar-refractivity contribution in [3.8, 4) is 5.75 Å². The average molecular weight is 596 g/mol. The number of rotatable bonds is 9. The Morgan fingerprint density at radius 2 is 1.10 bits per heavy atom. The fourth-order valence-electron chi connectivity index (χ4n) is 4.71. The summed E-state index contributed by atoms with van der Waals surface area (Å²) in [5, 5.41) is 102. The van der Waals surface area contributed by atoms with Crippen molar-refractivity contribution in [3.63, 3.8) is 0 Å². The number of ether oxygens (including phenoxy) is 6. The SMILES string of the molecule is Nc1ccc(O[C@H]2OC(CO[C@H]3OC(CO)[C@@H](O)[C@H](O)C3O)[C@@H](O)[C@H](O[C@H]3OC(CO)[C@@H](O)[C@H](O)C3O)C2O)cc1. The second-order valence-electron chi connectivity index (χ2n) is 10.0. The summed E-state index contributed by atoms with van der Waals surface area (Å²) in [5.41, 5.74) is 6.11. The van der Waals surface area contributed by atoms with Crippen LogP contribution in [0.2, 0.25) is 0 Å². The lowest BCUT2D eigenvalue weighted by molar-refractivity contribution is -0.358. The fraction of sp³-hybridized carbons (Fsp3) is 0.750. The summed E-state index contributed by atoms with van der Waals surface area (Å²) in [6.07, 6.45) is -24.4. The molecule has 17 heteroatoms. The Bertz CT molecular complexity index is 954. The highest BCUT2D eigenvalue weighted by Gasteiger charge is 2.52. The van der Waals surface area contributed by atoms with Crippen LogP contribution >= 0.6 is 0 Å². The van der Waals surface area contributed by atoms with Gasteiger partial charge in [-0.05, 0) is 24.3 Å². The van der Waals surface area contributed by atoms with Crippen LogP contribution in [-0.2, 0) is 23.7 Å². The molecule has 0 amide bonds. The van der Waals surface area contributed by atoms with Crippen molar-refractivity contribution in [2.24, 2.45) is 0 Å². The van der Waals surface area contributed by atoms with E-state index in [9.17, 15) is 51.1 Å². The first-order chi connectivity index (χ1) is 19.5. The van der Waals surface area contributed by atoms with Gasteiger partial charge in [-0.3, -0.25) is 0 Å². The third-order valence-corrected chi connectivity index (χ3v) is 7.19. The molecule has 1 aromatic rings. The number of benzene rings is 1. The maximum absolute atomic E-state index is 11.1. The van der Waals surface area contributed by atoms with E-state index in [0.29, 0.717) is 5.69 Å². The molecule has 3 aliphatic heterocycles. The number of hydrogen-bond acceptors (Lipinski definition) is 17. The largest absolute Gasteiger partial charge is 0.462 e. The molecule has 1 aromatic carbocycles. The molecule has 0 spiro atoms. The first kappa shape index (κ1) is 32.1. The van der Waals surface area contributed by atoms with Gasteiger partial charge in [0.05, 0.1) is 19.8 Å². The Morgan fingerprint density at radius 1 is 0.585 bits per heavy atom. The number of nitrogen functional groups attached to an aromatic ring is 1. The minimum Gasteiger partial charge on any atom is -0.462 e. The molecule has 17 nitrogen and oxygen atoms in total.